The van der Waals surface area contributed by atoms with E-state index in [1.165, 1.54) is 38.5 Å². The van der Waals surface area contributed by atoms with Crippen molar-refractivity contribution < 1.29 is 14.4 Å². The number of rotatable bonds is 5. The van der Waals surface area contributed by atoms with Crippen molar-refractivity contribution in [1.82, 2.24) is 14.7 Å². The Morgan fingerprint density at radius 1 is 0.758 bits per heavy atom. The molecule has 33 heavy (non-hydrogen) atoms. The van der Waals surface area contributed by atoms with Crippen LogP contribution >= 0.6 is 0 Å². The quantitative estimate of drug-likeness (QED) is 0.601. The smallest absolute Gasteiger partial charge is 0.233 e. The van der Waals surface area contributed by atoms with Crippen molar-refractivity contribution in [2.24, 2.45) is 46.8 Å². The second kappa shape index (κ2) is 7.53. The van der Waals surface area contributed by atoms with Gasteiger partial charge in [-0.1, -0.05) is 0 Å². The third kappa shape index (κ3) is 3.33. The van der Waals surface area contributed by atoms with E-state index in [1.807, 2.05) is 0 Å². The molecule has 0 spiro atoms. The molecule has 2 heterocycles. The number of imide groups is 1. The molecule has 0 N–H and O–H groups in total. The zero-order valence-electron chi connectivity index (χ0n) is 19.9. The predicted octanol–water partition coefficient (Wildman–Crippen LogP) is 2.77. The van der Waals surface area contributed by atoms with Gasteiger partial charge >= 0.3 is 0 Å². The predicted molar refractivity (Wildman–Crippen MR) is 123 cm³/mol. The van der Waals surface area contributed by atoms with E-state index in [2.05, 4.69) is 9.80 Å². The molecular formula is C27H39N3O3. The van der Waals surface area contributed by atoms with Gasteiger partial charge in [-0.3, -0.25) is 24.2 Å². The summed E-state index contributed by atoms with van der Waals surface area (Å²) in [6.07, 6.45) is 12.3. The lowest BCUT2D eigenvalue weighted by molar-refractivity contribution is -0.141. The Labute approximate surface area is 197 Å². The maximum atomic E-state index is 13.2. The van der Waals surface area contributed by atoms with Gasteiger partial charge in [0.05, 0.1) is 11.8 Å². The van der Waals surface area contributed by atoms with Gasteiger partial charge in [-0.05, 0) is 92.8 Å². The van der Waals surface area contributed by atoms with Crippen LogP contribution in [0.25, 0.3) is 0 Å². The van der Waals surface area contributed by atoms with Gasteiger partial charge in [-0.25, -0.2) is 0 Å². The zero-order valence-corrected chi connectivity index (χ0v) is 19.9. The topological polar surface area (TPSA) is 60.9 Å². The van der Waals surface area contributed by atoms with Crippen LogP contribution in [0.4, 0.5) is 0 Å². The summed E-state index contributed by atoms with van der Waals surface area (Å²) in [4.78, 5) is 45.1. The van der Waals surface area contributed by atoms with E-state index in [1.54, 1.807) is 4.90 Å². The van der Waals surface area contributed by atoms with Gasteiger partial charge in [0.15, 0.2) is 0 Å². The van der Waals surface area contributed by atoms with E-state index in [0.717, 1.165) is 76.2 Å². The molecule has 0 aromatic heterocycles. The minimum Gasteiger partial charge on any atom is -0.340 e. The van der Waals surface area contributed by atoms with E-state index in [0.29, 0.717) is 29.7 Å². The van der Waals surface area contributed by atoms with E-state index >= 15 is 0 Å². The maximum absolute atomic E-state index is 13.2. The van der Waals surface area contributed by atoms with Crippen LogP contribution in [0.15, 0.2) is 0 Å². The summed E-state index contributed by atoms with van der Waals surface area (Å²) in [5, 5.41) is 0. The highest BCUT2D eigenvalue weighted by molar-refractivity contribution is 6.06. The Kier molecular flexibility index (Phi) is 4.77. The molecule has 4 atom stereocenters. The number of fused-ring (bicyclic) bond motifs is 5. The highest BCUT2D eigenvalue weighted by Gasteiger charge is 2.60. The molecule has 6 nitrogen and oxygen atoms in total. The lowest BCUT2D eigenvalue weighted by atomic mass is 9.49. The number of hydrogen-bond acceptors (Lipinski definition) is 4. The van der Waals surface area contributed by atoms with Gasteiger partial charge in [0, 0.05) is 45.7 Å². The normalized spacial score (nSPS) is 46.0. The molecule has 0 radical (unpaired) electrons. The van der Waals surface area contributed by atoms with Crippen LogP contribution < -0.4 is 0 Å². The summed E-state index contributed by atoms with van der Waals surface area (Å²) in [7, 11) is 0. The highest BCUT2D eigenvalue weighted by Crippen LogP contribution is 2.61. The van der Waals surface area contributed by atoms with Gasteiger partial charge in [0.25, 0.3) is 0 Å². The third-order valence-corrected chi connectivity index (χ3v) is 11.1. The van der Waals surface area contributed by atoms with Gasteiger partial charge in [0.1, 0.15) is 0 Å². The number of likely N-dealkylation sites (tertiary alicyclic amines) is 1. The second-order valence-electron chi connectivity index (χ2n) is 13.0. The molecule has 6 aliphatic carbocycles. The van der Waals surface area contributed by atoms with Crippen molar-refractivity contribution in [1.29, 1.82) is 0 Å². The first-order valence-corrected chi connectivity index (χ1v) is 13.8. The number of piperazine rings is 1. The summed E-state index contributed by atoms with van der Waals surface area (Å²) in [6.45, 7) is 4.60. The highest BCUT2D eigenvalue weighted by atomic mass is 16.2. The summed E-state index contributed by atoms with van der Waals surface area (Å²) in [6, 6.07) is 0. The van der Waals surface area contributed by atoms with Crippen molar-refractivity contribution in [2.45, 2.75) is 64.2 Å². The van der Waals surface area contributed by atoms with Crippen molar-refractivity contribution in [3.05, 3.63) is 0 Å². The van der Waals surface area contributed by atoms with Gasteiger partial charge < -0.3 is 4.90 Å². The van der Waals surface area contributed by atoms with Crippen LogP contribution in [0.2, 0.25) is 0 Å². The number of hydrogen-bond donors (Lipinski definition) is 0. The van der Waals surface area contributed by atoms with Crippen LogP contribution in [-0.4, -0.2) is 71.7 Å². The molecule has 2 saturated heterocycles. The Bertz CT molecular complexity index is 799. The molecule has 0 aromatic rings. The Balaban J connectivity index is 0.905. The largest absolute Gasteiger partial charge is 0.340 e. The van der Waals surface area contributed by atoms with Crippen molar-refractivity contribution in [3.63, 3.8) is 0 Å². The Morgan fingerprint density at radius 3 is 1.85 bits per heavy atom. The van der Waals surface area contributed by atoms with Crippen LogP contribution in [0.3, 0.4) is 0 Å². The molecule has 8 aliphatic rings. The van der Waals surface area contributed by atoms with Gasteiger partial charge in [0.2, 0.25) is 17.7 Å². The SMILES string of the molecule is O=C(CC12CC3CC(CC(C3)C1)C2)N1CCN(CCN2C(=O)[C@@H]3[C@H]4CC[C@@H](C4)[C@H]3C2=O)CC1. The number of carbonyl (C=O) groups excluding carboxylic acids is 3. The fraction of sp³-hybridized carbons (Fsp3) is 0.889. The van der Waals surface area contributed by atoms with Gasteiger partial charge in [-0.15, -0.1) is 0 Å². The lowest BCUT2D eigenvalue weighted by Gasteiger charge is -2.57. The fourth-order valence-electron chi connectivity index (χ4n) is 10.1. The number of nitrogens with zero attached hydrogens (tertiary/aromatic N) is 3. The Hall–Kier alpha value is -1.43. The van der Waals surface area contributed by atoms with E-state index in [4.69, 9.17) is 0 Å². The van der Waals surface area contributed by atoms with Crippen LogP contribution in [-0.2, 0) is 14.4 Å². The molecular weight excluding hydrogens is 414 g/mol. The molecule has 0 aromatic carbocycles. The van der Waals surface area contributed by atoms with Crippen molar-refractivity contribution >= 4 is 17.7 Å². The summed E-state index contributed by atoms with van der Waals surface area (Å²) >= 11 is 0. The van der Waals surface area contributed by atoms with Crippen LogP contribution in [0.5, 0.6) is 0 Å². The minimum absolute atomic E-state index is 0.00435. The van der Waals surface area contributed by atoms with E-state index in [-0.39, 0.29) is 23.7 Å². The van der Waals surface area contributed by atoms with Crippen molar-refractivity contribution in [2.75, 3.05) is 39.3 Å². The van der Waals surface area contributed by atoms with Crippen molar-refractivity contribution in [3.8, 4) is 0 Å². The van der Waals surface area contributed by atoms with E-state index in [9.17, 15) is 14.4 Å². The van der Waals surface area contributed by atoms with Crippen LogP contribution in [0.1, 0.15) is 64.2 Å². The third-order valence-electron chi connectivity index (χ3n) is 11.1. The lowest BCUT2D eigenvalue weighted by Crippen LogP contribution is -2.53. The molecule has 180 valence electrons. The first kappa shape index (κ1) is 20.9. The molecule has 0 unspecified atom stereocenters. The average Bonchev–Trinajstić information content (AvgIpc) is 3.46. The minimum atomic E-state index is -0.00435. The molecule has 6 bridgehead atoms. The molecule has 2 aliphatic heterocycles. The standard InChI is InChI=1S/C27H39N3O3/c31-22(16-27-13-17-9-18(14-27)11-19(10-17)15-27)29-6-3-28(4-7-29)5-8-30-25(32)23-20-1-2-21(12-20)24(23)26(30)33/h17-21,23-24H,1-16H2/t17?,18?,19?,20-,21-,23+,24+,27?/m0/s1. The fourth-order valence-corrected chi connectivity index (χ4v) is 10.1. The molecule has 8 fully saturated rings. The van der Waals surface area contributed by atoms with E-state index < -0.39 is 0 Å². The second-order valence-corrected chi connectivity index (χ2v) is 13.0. The molecule has 8 rings (SSSR count). The molecule has 6 saturated carbocycles. The summed E-state index contributed by atoms with van der Waals surface area (Å²) < 4.78 is 0. The zero-order chi connectivity index (χ0) is 22.3. The summed E-state index contributed by atoms with van der Waals surface area (Å²) in [5.41, 5.74) is 0.316. The number of amides is 3. The van der Waals surface area contributed by atoms with Gasteiger partial charge in [-0.2, -0.15) is 0 Å². The van der Waals surface area contributed by atoms with Crippen LogP contribution in [0, 0.1) is 46.8 Å². The molecule has 6 heteroatoms. The first-order valence-electron chi connectivity index (χ1n) is 13.8. The Morgan fingerprint density at radius 2 is 1.30 bits per heavy atom. The monoisotopic (exact) mass is 453 g/mol. The number of carbonyl (C=O) groups is 3. The summed E-state index contributed by atoms with van der Waals surface area (Å²) in [5.74, 6) is 4.21. The average molecular weight is 454 g/mol. The first-order chi connectivity index (χ1) is 16.0. The molecule has 3 amide bonds. The maximum Gasteiger partial charge on any atom is 0.233 e.